The van der Waals surface area contributed by atoms with Crippen molar-refractivity contribution in [3.63, 3.8) is 0 Å². The first-order valence-electron chi connectivity index (χ1n) is 8.66. The minimum absolute atomic E-state index is 0.213. The van der Waals surface area contributed by atoms with Crippen LogP contribution in [-0.2, 0) is 27.3 Å². The van der Waals surface area contributed by atoms with Gasteiger partial charge in [0.05, 0.1) is 5.92 Å². The Bertz CT molecular complexity index is 721. The lowest BCUT2D eigenvalue weighted by Gasteiger charge is -2.32. The molecule has 0 saturated carbocycles. The molecule has 0 radical (unpaired) electrons. The maximum absolute atomic E-state index is 12.3. The number of fused-ring (bicyclic) bond motifs is 1. The van der Waals surface area contributed by atoms with Crippen molar-refractivity contribution < 1.29 is 19.1 Å². The van der Waals surface area contributed by atoms with Gasteiger partial charge in [0.15, 0.2) is 0 Å². The second-order valence-electron chi connectivity index (χ2n) is 7.68. The number of carbonyl (C=O) groups excluding carboxylic acids is 3. The van der Waals surface area contributed by atoms with Crippen LogP contribution in [0.3, 0.4) is 0 Å². The lowest BCUT2D eigenvalue weighted by molar-refractivity contribution is -0.134. The molecule has 6 nitrogen and oxygen atoms in total. The summed E-state index contributed by atoms with van der Waals surface area (Å²) in [7, 11) is 0. The van der Waals surface area contributed by atoms with E-state index in [9.17, 15) is 14.4 Å². The lowest BCUT2D eigenvalue weighted by atomic mass is 9.87. The van der Waals surface area contributed by atoms with E-state index >= 15 is 0 Å². The number of imide groups is 1. The molecule has 1 aromatic rings. The van der Waals surface area contributed by atoms with Crippen molar-refractivity contribution in [3.05, 3.63) is 34.9 Å². The molecule has 0 aromatic heterocycles. The summed E-state index contributed by atoms with van der Waals surface area (Å²) in [5.41, 5.74) is 2.61. The molecular formula is C19H24N2O4. The molecule has 2 aliphatic heterocycles. The van der Waals surface area contributed by atoms with Gasteiger partial charge in [0.25, 0.3) is 0 Å². The molecule has 2 aliphatic rings. The van der Waals surface area contributed by atoms with Gasteiger partial charge in [-0.15, -0.1) is 0 Å². The van der Waals surface area contributed by atoms with Crippen molar-refractivity contribution in [2.75, 3.05) is 6.54 Å². The van der Waals surface area contributed by atoms with Gasteiger partial charge in [-0.3, -0.25) is 14.9 Å². The summed E-state index contributed by atoms with van der Waals surface area (Å²) in [4.78, 5) is 37.4. The Labute approximate surface area is 147 Å². The number of piperidine rings is 1. The number of carbonyl (C=O) groups is 3. The average molecular weight is 344 g/mol. The van der Waals surface area contributed by atoms with Gasteiger partial charge in [0.1, 0.15) is 5.60 Å². The number of amides is 3. The molecule has 2 heterocycles. The van der Waals surface area contributed by atoms with E-state index in [1.165, 1.54) is 5.56 Å². The second-order valence-corrected chi connectivity index (χ2v) is 7.68. The summed E-state index contributed by atoms with van der Waals surface area (Å²) < 4.78 is 5.45. The monoisotopic (exact) mass is 344 g/mol. The van der Waals surface area contributed by atoms with Gasteiger partial charge in [0.2, 0.25) is 11.8 Å². The zero-order chi connectivity index (χ0) is 18.2. The zero-order valence-electron chi connectivity index (χ0n) is 14.9. The fraction of sp³-hybridized carbons (Fsp3) is 0.526. The van der Waals surface area contributed by atoms with Gasteiger partial charge in [-0.2, -0.15) is 0 Å². The highest BCUT2D eigenvalue weighted by Crippen LogP contribution is 2.29. The maximum atomic E-state index is 12.3. The lowest BCUT2D eigenvalue weighted by Crippen LogP contribution is -2.40. The number of nitrogens with zero attached hydrogens (tertiary/aromatic N) is 1. The predicted molar refractivity (Wildman–Crippen MR) is 91.9 cm³/mol. The molecule has 1 fully saturated rings. The summed E-state index contributed by atoms with van der Waals surface area (Å²) in [6, 6.07) is 5.98. The van der Waals surface area contributed by atoms with Crippen molar-refractivity contribution in [1.29, 1.82) is 0 Å². The highest BCUT2D eigenvalue weighted by molar-refractivity contribution is 6.00. The van der Waals surface area contributed by atoms with Crippen molar-refractivity contribution in [3.8, 4) is 0 Å². The summed E-state index contributed by atoms with van der Waals surface area (Å²) in [5.74, 6) is -0.758. The fourth-order valence-corrected chi connectivity index (χ4v) is 3.29. The highest BCUT2D eigenvalue weighted by Gasteiger charge is 2.30. The normalized spacial score (nSPS) is 20.8. The van der Waals surface area contributed by atoms with E-state index in [0.717, 1.165) is 17.5 Å². The smallest absolute Gasteiger partial charge is 0.410 e. The fourth-order valence-electron chi connectivity index (χ4n) is 3.29. The van der Waals surface area contributed by atoms with Crippen LogP contribution in [0, 0.1) is 0 Å². The molecule has 1 atom stereocenters. The topological polar surface area (TPSA) is 75.7 Å². The van der Waals surface area contributed by atoms with E-state index < -0.39 is 5.60 Å². The van der Waals surface area contributed by atoms with Gasteiger partial charge in [-0.1, -0.05) is 18.2 Å². The predicted octanol–water partition coefficient (Wildman–Crippen LogP) is 2.50. The summed E-state index contributed by atoms with van der Waals surface area (Å²) in [5, 5.41) is 2.40. The molecule has 1 aromatic carbocycles. The van der Waals surface area contributed by atoms with Crippen molar-refractivity contribution >= 4 is 17.9 Å². The molecule has 0 unspecified atom stereocenters. The van der Waals surface area contributed by atoms with Crippen LogP contribution < -0.4 is 5.32 Å². The first-order valence-corrected chi connectivity index (χ1v) is 8.66. The van der Waals surface area contributed by atoms with E-state index in [1.807, 2.05) is 39.0 Å². The quantitative estimate of drug-likeness (QED) is 0.794. The van der Waals surface area contributed by atoms with Crippen LogP contribution in [0.2, 0.25) is 0 Å². The second kappa shape index (κ2) is 6.50. The van der Waals surface area contributed by atoms with E-state index in [0.29, 0.717) is 25.9 Å². The largest absolute Gasteiger partial charge is 0.444 e. The maximum Gasteiger partial charge on any atom is 0.410 e. The first-order chi connectivity index (χ1) is 11.7. The van der Waals surface area contributed by atoms with Crippen molar-refractivity contribution in [1.82, 2.24) is 10.2 Å². The molecular weight excluding hydrogens is 320 g/mol. The van der Waals surface area contributed by atoms with Crippen LogP contribution >= 0.6 is 0 Å². The van der Waals surface area contributed by atoms with Crippen molar-refractivity contribution in [2.24, 2.45) is 0 Å². The first kappa shape index (κ1) is 17.5. The Morgan fingerprint density at radius 1 is 1.20 bits per heavy atom. The van der Waals surface area contributed by atoms with Crippen LogP contribution in [0.4, 0.5) is 4.79 Å². The molecule has 25 heavy (non-hydrogen) atoms. The molecule has 3 amide bonds. The third-order valence-electron chi connectivity index (χ3n) is 4.54. The minimum atomic E-state index is -0.522. The highest BCUT2D eigenvalue weighted by atomic mass is 16.6. The number of hydrogen-bond acceptors (Lipinski definition) is 4. The molecule has 1 N–H and O–H groups in total. The Balaban J connectivity index is 1.76. The van der Waals surface area contributed by atoms with Gasteiger partial charge < -0.3 is 9.64 Å². The van der Waals surface area contributed by atoms with Gasteiger partial charge in [-0.05, 0) is 50.3 Å². The number of nitrogens with one attached hydrogen (secondary N) is 1. The van der Waals surface area contributed by atoms with Crippen LogP contribution in [0.1, 0.15) is 56.2 Å². The standard InChI is InChI=1S/C19H24N2O4/c1-19(2,3)25-18(24)21-9-8-12-4-5-13(10-14(12)11-21)15-6-7-16(22)20-17(15)23/h4-5,10,15H,6-9,11H2,1-3H3,(H,20,22,23)/t15-/m1/s1. The third kappa shape index (κ3) is 4.00. The molecule has 3 rings (SSSR count). The molecule has 1 saturated heterocycles. The van der Waals surface area contributed by atoms with E-state index in [4.69, 9.17) is 4.74 Å². The van der Waals surface area contributed by atoms with Crippen LogP contribution in [0.25, 0.3) is 0 Å². The number of rotatable bonds is 1. The summed E-state index contributed by atoms with van der Waals surface area (Å²) in [6.45, 7) is 6.66. The summed E-state index contributed by atoms with van der Waals surface area (Å²) >= 11 is 0. The third-order valence-corrected chi connectivity index (χ3v) is 4.54. The average Bonchev–Trinajstić information content (AvgIpc) is 2.52. The molecule has 0 bridgehead atoms. The van der Waals surface area contributed by atoms with E-state index in [-0.39, 0.29) is 23.8 Å². The Kier molecular flexibility index (Phi) is 4.54. The molecule has 0 aliphatic carbocycles. The number of hydrogen-bond donors (Lipinski definition) is 1. The van der Waals surface area contributed by atoms with E-state index in [1.54, 1.807) is 4.90 Å². The van der Waals surface area contributed by atoms with Crippen LogP contribution in [-0.4, -0.2) is 35.0 Å². The summed E-state index contributed by atoms with van der Waals surface area (Å²) in [6.07, 6.45) is 1.34. The van der Waals surface area contributed by atoms with Gasteiger partial charge in [0, 0.05) is 19.5 Å². The molecule has 134 valence electrons. The van der Waals surface area contributed by atoms with Crippen LogP contribution in [0.5, 0.6) is 0 Å². The molecule has 6 heteroatoms. The number of ether oxygens (including phenoxy) is 1. The minimum Gasteiger partial charge on any atom is -0.444 e. The number of benzene rings is 1. The Morgan fingerprint density at radius 2 is 1.96 bits per heavy atom. The zero-order valence-corrected chi connectivity index (χ0v) is 14.9. The van der Waals surface area contributed by atoms with Gasteiger partial charge in [-0.25, -0.2) is 4.79 Å². The molecule has 0 spiro atoms. The van der Waals surface area contributed by atoms with Crippen molar-refractivity contribution in [2.45, 2.75) is 58.1 Å². The van der Waals surface area contributed by atoms with E-state index in [2.05, 4.69) is 5.32 Å². The van der Waals surface area contributed by atoms with Crippen LogP contribution in [0.15, 0.2) is 18.2 Å². The van der Waals surface area contributed by atoms with Gasteiger partial charge >= 0.3 is 6.09 Å². The Hall–Kier alpha value is -2.37. The SMILES string of the molecule is CC(C)(C)OC(=O)N1CCc2ccc([C@H]3CCC(=O)NC3=O)cc2C1. The Morgan fingerprint density at radius 3 is 2.64 bits per heavy atom.